The number of rotatable bonds is 12. The summed E-state index contributed by atoms with van der Waals surface area (Å²) in [5, 5.41) is 37.4. The number of benzene rings is 3. The molecule has 0 radical (unpaired) electrons. The molecule has 3 aromatic carbocycles. The number of nitrogens with one attached hydrogen (secondary N) is 2. The second-order valence-corrected chi connectivity index (χ2v) is 7.98. The molecule has 0 bridgehead atoms. The molecule has 0 spiro atoms. The Kier molecular flexibility index (Phi) is 8.79. The lowest BCUT2D eigenvalue weighted by molar-refractivity contribution is -0.384. The normalized spacial score (nSPS) is 11.4. The molecule has 0 aliphatic carbocycles. The summed E-state index contributed by atoms with van der Waals surface area (Å²) < 4.78 is 0. The van der Waals surface area contributed by atoms with Gasteiger partial charge in [0.25, 0.3) is 5.69 Å². The zero-order valence-corrected chi connectivity index (χ0v) is 19.0. The third-order valence-corrected chi connectivity index (χ3v) is 5.87. The number of aliphatic hydroxyl groups is 2. The molecule has 4 N–H and O–H groups in total. The number of halogens is 1. The number of hydrogen-bond acceptors (Lipinski definition) is 6. The van der Waals surface area contributed by atoms with Crippen LogP contribution in [0.4, 0.5) is 11.4 Å². The Balaban J connectivity index is 2.32. The second kappa shape index (κ2) is 11.8. The van der Waals surface area contributed by atoms with Crippen LogP contribution in [-0.2, 0) is 5.54 Å². The maximum Gasteiger partial charge on any atom is 0.271 e. The summed E-state index contributed by atoms with van der Waals surface area (Å²) in [5.41, 5.74) is 1.57. The first kappa shape index (κ1) is 24.7. The summed E-state index contributed by atoms with van der Waals surface area (Å²) in [6, 6.07) is 22.2. The summed E-state index contributed by atoms with van der Waals surface area (Å²) in [4.78, 5) is 11.4. The first-order valence-corrected chi connectivity index (χ1v) is 11.2. The van der Waals surface area contributed by atoms with Gasteiger partial charge in [-0.05, 0) is 30.5 Å². The maximum absolute atomic E-state index is 11.8. The number of non-ortho nitro benzene ring substituents is 1. The predicted octanol–water partition coefficient (Wildman–Crippen LogP) is 4.31. The minimum atomic E-state index is -1.01. The van der Waals surface area contributed by atoms with Crippen molar-refractivity contribution in [1.29, 1.82) is 0 Å². The minimum absolute atomic E-state index is 0.00327. The van der Waals surface area contributed by atoms with Gasteiger partial charge in [0.05, 0.1) is 21.2 Å². The van der Waals surface area contributed by atoms with Crippen LogP contribution in [0.5, 0.6) is 0 Å². The molecule has 0 aromatic heterocycles. The monoisotopic (exact) mass is 469 g/mol. The zero-order valence-electron chi connectivity index (χ0n) is 18.2. The zero-order chi connectivity index (χ0) is 23.7. The smallest absolute Gasteiger partial charge is 0.271 e. The number of anilines is 1. The third-order valence-electron chi connectivity index (χ3n) is 5.46. The first-order chi connectivity index (χ1) is 16.0. The fourth-order valence-electron chi connectivity index (χ4n) is 3.93. The summed E-state index contributed by atoms with van der Waals surface area (Å²) in [5.74, 6) is 0. The first-order valence-electron chi connectivity index (χ1n) is 10.8. The highest BCUT2D eigenvalue weighted by molar-refractivity contribution is 6.34. The van der Waals surface area contributed by atoms with Gasteiger partial charge < -0.3 is 15.5 Å². The average molecular weight is 470 g/mol. The van der Waals surface area contributed by atoms with E-state index in [0.29, 0.717) is 42.2 Å². The van der Waals surface area contributed by atoms with Crippen molar-refractivity contribution in [3.8, 4) is 0 Å². The summed E-state index contributed by atoms with van der Waals surface area (Å²) in [6.45, 7) is 0.863. The van der Waals surface area contributed by atoms with Crippen molar-refractivity contribution in [2.75, 3.05) is 31.6 Å². The van der Waals surface area contributed by atoms with Crippen LogP contribution in [0.3, 0.4) is 0 Å². The molecule has 3 rings (SSSR count). The third kappa shape index (κ3) is 5.51. The Morgan fingerprint density at radius 3 is 1.94 bits per heavy atom. The van der Waals surface area contributed by atoms with Crippen LogP contribution in [0.2, 0.25) is 5.02 Å². The topological polar surface area (TPSA) is 108 Å². The molecule has 33 heavy (non-hydrogen) atoms. The Labute approximate surface area is 198 Å². The van der Waals surface area contributed by atoms with E-state index in [-0.39, 0.29) is 18.9 Å². The van der Waals surface area contributed by atoms with Crippen LogP contribution in [0, 0.1) is 10.1 Å². The Bertz CT molecular complexity index is 1010. The molecule has 3 aromatic rings. The molecular formula is C25H28ClN3O4. The van der Waals surface area contributed by atoms with E-state index in [1.807, 2.05) is 60.7 Å². The van der Waals surface area contributed by atoms with E-state index in [2.05, 4.69) is 10.6 Å². The van der Waals surface area contributed by atoms with E-state index in [1.165, 1.54) is 12.1 Å². The van der Waals surface area contributed by atoms with Crippen LogP contribution < -0.4 is 10.6 Å². The molecule has 0 amide bonds. The molecule has 0 saturated heterocycles. The highest BCUT2D eigenvalue weighted by Crippen LogP contribution is 2.44. The van der Waals surface area contributed by atoms with E-state index >= 15 is 0 Å². The van der Waals surface area contributed by atoms with Gasteiger partial charge in [-0.25, -0.2) is 0 Å². The fraction of sp³-hybridized carbons (Fsp3) is 0.280. The van der Waals surface area contributed by atoms with Gasteiger partial charge in [0.2, 0.25) is 0 Å². The van der Waals surface area contributed by atoms with Gasteiger partial charge in [-0.2, -0.15) is 0 Å². The van der Waals surface area contributed by atoms with Gasteiger partial charge in [-0.1, -0.05) is 72.3 Å². The Hall–Kier alpha value is -2.97. The summed E-state index contributed by atoms with van der Waals surface area (Å²) in [7, 11) is 0. The highest BCUT2D eigenvalue weighted by atomic mass is 35.5. The molecule has 0 fully saturated rings. The van der Waals surface area contributed by atoms with Gasteiger partial charge >= 0.3 is 0 Å². The van der Waals surface area contributed by atoms with Gasteiger partial charge in [0.15, 0.2) is 0 Å². The van der Waals surface area contributed by atoms with Crippen molar-refractivity contribution in [1.82, 2.24) is 5.32 Å². The number of aliphatic hydroxyl groups excluding tert-OH is 2. The highest BCUT2D eigenvalue weighted by Gasteiger charge is 2.39. The number of hydrogen-bond donors (Lipinski definition) is 4. The lowest BCUT2D eigenvalue weighted by Gasteiger charge is -2.38. The average Bonchev–Trinajstić information content (AvgIpc) is 2.84. The van der Waals surface area contributed by atoms with Crippen molar-refractivity contribution >= 4 is 23.0 Å². The standard InChI is InChI=1S/C25H28ClN3O4/c26-24-22(17-21(29(32)33)18-23(24)27-13-7-15-30)25(28-14-8-16-31,19-9-3-1-4-10-19)20-11-5-2-6-12-20/h1-6,9-12,17-18,27-28,30-31H,7-8,13-16H2. The SMILES string of the molecule is O=[N+]([O-])c1cc(NCCCO)c(Cl)c(C(NCCCO)(c2ccccc2)c2ccccc2)c1. The molecule has 0 saturated carbocycles. The molecule has 174 valence electrons. The molecular weight excluding hydrogens is 442 g/mol. The molecule has 0 aliphatic heterocycles. The van der Waals surface area contributed by atoms with Gasteiger partial charge in [-0.15, -0.1) is 0 Å². The Morgan fingerprint density at radius 1 is 0.879 bits per heavy atom. The number of nitro groups is 1. The van der Waals surface area contributed by atoms with E-state index < -0.39 is 10.5 Å². The van der Waals surface area contributed by atoms with Crippen molar-refractivity contribution < 1.29 is 15.1 Å². The molecule has 7 nitrogen and oxygen atoms in total. The molecule has 8 heteroatoms. The Morgan fingerprint density at radius 2 is 1.42 bits per heavy atom. The van der Waals surface area contributed by atoms with Crippen LogP contribution in [-0.4, -0.2) is 41.4 Å². The fourth-order valence-corrected chi connectivity index (χ4v) is 4.24. The van der Waals surface area contributed by atoms with E-state index in [4.69, 9.17) is 16.7 Å². The van der Waals surface area contributed by atoms with Crippen molar-refractivity contribution in [3.63, 3.8) is 0 Å². The second-order valence-electron chi connectivity index (χ2n) is 7.60. The lowest BCUT2D eigenvalue weighted by atomic mass is 9.76. The van der Waals surface area contributed by atoms with Crippen LogP contribution >= 0.6 is 11.6 Å². The van der Waals surface area contributed by atoms with E-state index in [0.717, 1.165) is 11.1 Å². The van der Waals surface area contributed by atoms with E-state index in [1.54, 1.807) is 0 Å². The van der Waals surface area contributed by atoms with Gasteiger partial charge in [0.1, 0.15) is 0 Å². The molecule has 0 aliphatic rings. The predicted molar refractivity (Wildman–Crippen MR) is 131 cm³/mol. The van der Waals surface area contributed by atoms with Gasteiger partial charge in [-0.3, -0.25) is 15.4 Å². The van der Waals surface area contributed by atoms with Crippen molar-refractivity contribution in [2.24, 2.45) is 0 Å². The van der Waals surface area contributed by atoms with E-state index in [9.17, 15) is 15.2 Å². The minimum Gasteiger partial charge on any atom is -0.396 e. The number of nitrogens with zero attached hydrogens (tertiary/aromatic N) is 1. The number of nitro benzene ring substituents is 1. The molecule has 0 atom stereocenters. The largest absolute Gasteiger partial charge is 0.396 e. The van der Waals surface area contributed by atoms with Gasteiger partial charge in [0, 0.05) is 37.5 Å². The maximum atomic E-state index is 11.8. The van der Waals surface area contributed by atoms with Crippen molar-refractivity contribution in [3.05, 3.63) is 105 Å². The summed E-state index contributed by atoms with van der Waals surface area (Å²) >= 11 is 6.92. The quantitative estimate of drug-likeness (QED) is 0.136. The lowest BCUT2D eigenvalue weighted by Crippen LogP contribution is -2.45. The van der Waals surface area contributed by atoms with Crippen LogP contribution in [0.1, 0.15) is 29.5 Å². The van der Waals surface area contributed by atoms with Crippen LogP contribution in [0.25, 0.3) is 0 Å². The van der Waals surface area contributed by atoms with Crippen LogP contribution in [0.15, 0.2) is 72.8 Å². The van der Waals surface area contributed by atoms with Crippen molar-refractivity contribution in [2.45, 2.75) is 18.4 Å². The molecule has 0 heterocycles. The molecule has 0 unspecified atom stereocenters. The summed E-state index contributed by atoms with van der Waals surface area (Å²) in [6.07, 6.45) is 0.973.